The molecule has 0 atom stereocenters. The molecule has 0 aliphatic carbocycles. The zero-order chi connectivity index (χ0) is 13.0. The lowest BCUT2D eigenvalue weighted by Crippen LogP contribution is -2.07. The second kappa shape index (κ2) is 5.47. The smallest absolute Gasteiger partial charge is 0.338 e. The highest BCUT2D eigenvalue weighted by Gasteiger charge is 2.15. The van der Waals surface area contributed by atoms with Crippen LogP contribution in [0.4, 0.5) is 0 Å². The standard InChI is InChI=1S/C15H14O3/c1-18-15(17)13-9-5-8-12(14(13)10-16)11-6-3-2-4-7-11/h2-9,16H,10H2,1H3. The topological polar surface area (TPSA) is 46.5 Å². The van der Waals surface area contributed by atoms with Crippen molar-refractivity contribution in [2.45, 2.75) is 6.61 Å². The van der Waals surface area contributed by atoms with Crippen LogP contribution in [0.3, 0.4) is 0 Å². The Bertz CT molecular complexity index is 547. The van der Waals surface area contributed by atoms with Crippen LogP contribution in [0.1, 0.15) is 15.9 Å². The highest BCUT2D eigenvalue weighted by Crippen LogP contribution is 2.26. The van der Waals surface area contributed by atoms with Gasteiger partial charge in [0.25, 0.3) is 0 Å². The molecule has 0 aliphatic rings. The van der Waals surface area contributed by atoms with Gasteiger partial charge in [-0.15, -0.1) is 0 Å². The first-order chi connectivity index (χ1) is 8.77. The molecule has 2 aromatic rings. The molecule has 0 saturated heterocycles. The first kappa shape index (κ1) is 12.3. The van der Waals surface area contributed by atoms with E-state index < -0.39 is 5.97 Å². The molecule has 0 spiro atoms. The predicted molar refractivity (Wildman–Crippen MR) is 69.1 cm³/mol. The number of esters is 1. The number of ether oxygens (including phenoxy) is 1. The van der Waals surface area contributed by atoms with Crippen molar-refractivity contribution >= 4 is 5.97 Å². The summed E-state index contributed by atoms with van der Waals surface area (Å²) in [6, 6.07) is 15.0. The minimum Gasteiger partial charge on any atom is -0.465 e. The number of hydrogen-bond acceptors (Lipinski definition) is 3. The zero-order valence-corrected chi connectivity index (χ0v) is 10.1. The van der Waals surface area contributed by atoms with Crippen molar-refractivity contribution in [2.24, 2.45) is 0 Å². The van der Waals surface area contributed by atoms with E-state index in [-0.39, 0.29) is 6.61 Å². The van der Waals surface area contributed by atoms with Crippen molar-refractivity contribution < 1.29 is 14.6 Å². The van der Waals surface area contributed by atoms with E-state index in [1.165, 1.54) is 7.11 Å². The van der Waals surface area contributed by atoms with E-state index in [0.29, 0.717) is 11.1 Å². The van der Waals surface area contributed by atoms with Crippen LogP contribution in [0.25, 0.3) is 11.1 Å². The number of hydrogen-bond donors (Lipinski definition) is 1. The fourth-order valence-electron chi connectivity index (χ4n) is 1.95. The molecular weight excluding hydrogens is 228 g/mol. The second-order valence-electron chi connectivity index (χ2n) is 3.85. The number of rotatable bonds is 3. The Kier molecular flexibility index (Phi) is 3.75. The average molecular weight is 242 g/mol. The van der Waals surface area contributed by atoms with E-state index in [2.05, 4.69) is 0 Å². The van der Waals surface area contributed by atoms with Crippen LogP contribution in [0.5, 0.6) is 0 Å². The van der Waals surface area contributed by atoms with Crippen LogP contribution < -0.4 is 0 Å². The van der Waals surface area contributed by atoms with Crippen LogP contribution in [0, 0.1) is 0 Å². The first-order valence-electron chi connectivity index (χ1n) is 5.64. The maximum Gasteiger partial charge on any atom is 0.338 e. The maximum atomic E-state index is 11.6. The Morgan fingerprint density at radius 1 is 1.11 bits per heavy atom. The van der Waals surface area contributed by atoms with Gasteiger partial charge in [0.05, 0.1) is 19.3 Å². The van der Waals surface area contributed by atoms with Gasteiger partial charge in [-0.3, -0.25) is 0 Å². The molecule has 0 aliphatic heterocycles. The van der Waals surface area contributed by atoms with E-state index in [4.69, 9.17) is 4.74 Å². The highest BCUT2D eigenvalue weighted by atomic mass is 16.5. The molecule has 2 rings (SSSR count). The molecule has 1 N–H and O–H groups in total. The van der Waals surface area contributed by atoms with Gasteiger partial charge >= 0.3 is 5.97 Å². The minimum absolute atomic E-state index is 0.199. The largest absolute Gasteiger partial charge is 0.465 e. The molecule has 2 aromatic carbocycles. The van der Waals surface area contributed by atoms with Gasteiger partial charge in [-0.25, -0.2) is 4.79 Å². The number of aliphatic hydroxyl groups is 1. The number of carbonyl (C=O) groups excluding carboxylic acids is 1. The fraction of sp³-hybridized carbons (Fsp3) is 0.133. The summed E-state index contributed by atoms with van der Waals surface area (Å²) in [7, 11) is 1.33. The monoisotopic (exact) mass is 242 g/mol. The summed E-state index contributed by atoms with van der Waals surface area (Å²) < 4.78 is 4.72. The van der Waals surface area contributed by atoms with Crippen molar-refractivity contribution in [3.05, 3.63) is 59.7 Å². The Morgan fingerprint density at radius 2 is 1.83 bits per heavy atom. The van der Waals surface area contributed by atoms with Crippen LogP contribution >= 0.6 is 0 Å². The summed E-state index contributed by atoms with van der Waals surface area (Å²) in [5, 5.41) is 9.50. The van der Waals surface area contributed by atoms with Gasteiger partial charge < -0.3 is 9.84 Å². The van der Waals surface area contributed by atoms with E-state index in [1.807, 2.05) is 36.4 Å². The molecule has 0 amide bonds. The molecule has 0 bridgehead atoms. The lowest BCUT2D eigenvalue weighted by Gasteiger charge is -2.11. The van der Waals surface area contributed by atoms with E-state index in [9.17, 15) is 9.90 Å². The molecule has 0 aromatic heterocycles. The lowest BCUT2D eigenvalue weighted by molar-refractivity contribution is 0.0597. The predicted octanol–water partition coefficient (Wildman–Crippen LogP) is 2.63. The van der Waals surface area contributed by atoms with Crippen molar-refractivity contribution in [3.8, 4) is 11.1 Å². The third-order valence-corrected chi connectivity index (χ3v) is 2.82. The van der Waals surface area contributed by atoms with Crippen LogP contribution in [-0.2, 0) is 11.3 Å². The molecule has 3 heteroatoms. The van der Waals surface area contributed by atoms with Gasteiger partial charge in [-0.05, 0) is 22.8 Å². The summed E-state index contributed by atoms with van der Waals surface area (Å²) in [5.41, 5.74) is 2.81. The molecular formula is C15H14O3. The molecule has 92 valence electrons. The lowest BCUT2D eigenvalue weighted by atomic mass is 9.96. The number of benzene rings is 2. The molecule has 0 unspecified atom stereocenters. The number of methoxy groups -OCH3 is 1. The van der Waals surface area contributed by atoms with Gasteiger partial charge in [0, 0.05) is 0 Å². The Hall–Kier alpha value is -2.13. The summed E-state index contributed by atoms with van der Waals surface area (Å²) >= 11 is 0. The molecule has 3 nitrogen and oxygen atoms in total. The Balaban J connectivity index is 2.59. The minimum atomic E-state index is -0.433. The molecule has 18 heavy (non-hydrogen) atoms. The summed E-state index contributed by atoms with van der Waals surface area (Å²) in [6.45, 7) is -0.199. The van der Waals surface area contributed by atoms with Crippen molar-refractivity contribution in [2.75, 3.05) is 7.11 Å². The van der Waals surface area contributed by atoms with Crippen molar-refractivity contribution in [3.63, 3.8) is 0 Å². The summed E-state index contributed by atoms with van der Waals surface area (Å²) in [4.78, 5) is 11.6. The normalized spacial score (nSPS) is 10.1. The average Bonchev–Trinajstić information content (AvgIpc) is 2.46. The molecule has 0 heterocycles. The third kappa shape index (κ3) is 2.26. The van der Waals surface area contributed by atoms with Gasteiger partial charge in [0.2, 0.25) is 0 Å². The van der Waals surface area contributed by atoms with E-state index >= 15 is 0 Å². The quantitative estimate of drug-likeness (QED) is 0.841. The summed E-state index contributed by atoms with van der Waals surface area (Å²) in [6.07, 6.45) is 0. The van der Waals surface area contributed by atoms with Gasteiger partial charge in [0.15, 0.2) is 0 Å². The van der Waals surface area contributed by atoms with Crippen molar-refractivity contribution in [1.29, 1.82) is 0 Å². The molecule has 0 fully saturated rings. The summed E-state index contributed by atoms with van der Waals surface area (Å²) in [5.74, 6) is -0.433. The van der Waals surface area contributed by atoms with Crippen LogP contribution in [0.15, 0.2) is 48.5 Å². The van der Waals surface area contributed by atoms with Gasteiger partial charge in [-0.1, -0.05) is 42.5 Å². The maximum absolute atomic E-state index is 11.6. The third-order valence-electron chi connectivity index (χ3n) is 2.82. The molecule has 0 saturated carbocycles. The van der Waals surface area contributed by atoms with Crippen LogP contribution in [-0.4, -0.2) is 18.2 Å². The SMILES string of the molecule is COC(=O)c1cccc(-c2ccccc2)c1CO. The number of aliphatic hydroxyl groups excluding tert-OH is 1. The van der Waals surface area contributed by atoms with Gasteiger partial charge in [0.1, 0.15) is 0 Å². The van der Waals surface area contributed by atoms with Gasteiger partial charge in [-0.2, -0.15) is 0 Å². The zero-order valence-electron chi connectivity index (χ0n) is 10.1. The molecule has 0 radical (unpaired) electrons. The van der Waals surface area contributed by atoms with E-state index in [1.54, 1.807) is 12.1 Å². The van der Waals surface area contributed by atoms with Crippen LogP contribution in [0.2, 0.25) is 0 Å². The Morgan fingerprint density at radius 3 is 2.44 bits per heavy atom. The number of carbonyl (C=O) groups is 1. The second-order valence-corrected chi connectivity index (χ2v) is 3.85. The first-order valence-corrected chi connectivity index (χ1v) is 5.64. The fourth-order valence-corrected chi connectivity index (χ4v) is 1.95. The van der Waals surface area contributed by atoms with Crippen molar-refractivity contribution in [1.82, 2.24) is 0 Å². The Labute approximate surface area is 106 Å². The highest BCUT2D eigenvalue weighted by molar-refractivity contribution is 5.93. The van der Waals surface area contributed by atoms with E-state index in [0.717, 1.165) is 11.1 Å².